The molecule has 1 aliphatic rings. The molecule has 0 aliphatic carbocycles. The summed E-state index contributed by atoms with van der Waals surface area (Å²) in [7, 11) is 0. The number of hydrogen-bond acceptors (Lipinski definition) is 4. The van der Waals surface area contributed by atoms with Crippen molar-refractivity contribution < 1.29 is 9.32 Å². The van der Waals surface area contributed by atoms with Gasteiger partial charge in [0.25, 0.3) is 0 Å². The second kappa shape index (κ2) is 5.71. The molecule has 1 fully saturated rings. The molecule has 6 heteroatoms. The molecule has 0 bridgehead atoms. The van der Waals surface area contributed by atoms with Gasteiger partial charge in [0.15, 0.2) is 0 Å². The summed E-state index contributed by atoms with van der Waals surface area (Å²) in [5.41, 5.74) is 2.73. The Morgan fingerprint density at radius 1 is 1.48 bits per heavy atom. The van der Waals surface area contributed by atoms with Gasteiger partial charge in [-0.15, -0.1) is 0 Å². The van der Waals surface area contributed by atoms with Crippen LogP contribution < -0.4 is 0 Å². The number of amides is 1. The van der Waals surface area contributed by atoms with Gasteiger partial charge in [-0.3, -0.25) is 9.89 Å². The summed E-state index contributed by atoms with van der Waals surface area (Å²) in [6.45, 7) is 4.53. The third-order valence-electron chi connectivity index (χ3n) is 4.21. The van der Waals surface area contributed by atoms with Crippen LogP contribution in [0.25, 0.3) is 0 Å². The first-order chi connectivity index (χ1) is 10.2. The lowest BCUT2D eigenvalue weighted by Gasteiger charge is -2.35. The van der Waals surface area contributed by atoms with Crippen molar-refractivity contribution in [1.82, 2.24) is 20.3 Å². The lowest BCUT2D eigenvalue weighted by Crippen LogP contribution is -2.39. The molecule has 1 saturated heterocycles. The minimum Gasteiger partial charge on any atom is -0.361 e. The zero-order chi connectivity index (χ0) is 14.8. The fourth-order valence-electron chi connectivity index (χ4n) is 3.01. The van der Waals surface area contributed by atoms with Gasteiger partial charge in [-0.05, 0) is 39.2 Å². The molecule has 2 aromatic rings. The van der Waals surface area contributed by atoms with Gasteiger partial charge >= 0.3 is 0 Å². The number of aryl methyl sites for hydroxylation is 2. The lowest BCUT2D eigenvalue weighted by molar-refractivity contribution is -0.134. The first-order valence-corrected chi connectivity index (χ1v) is 7.37. The van der Waals surface area contributed by atoms with Crippen LogP contribution >= 0.6 is 0 Å². The molecule has 1 N–H and O–H groups in total. The number of hydrogen-bond donors (Lipinski definition) is 1. The fourth-order valence-corrected chi connectivity index (χ4v) is 3.01. The van der Waals surface area contributed by atoms with Crippen molar-refractivity contribution in [3.05, 3.63) is 35.0 Å². The van der Waals surface area contributed by atoms with Gasteiger partial charge in [0.05, 0.1) is 23.9 Å². The molecule has 21 heavy (non-hydrogen) atoms. The Labute approximate surface area is 123 Å². The van der Waals surface area contributed by atoms with Gasteiger partial charge in [-0.2, -0.15) is 5.10 Å². The van der Waals surface area contributed by atoms with Crippen molar-refractivity contribution in [1.29, 1.82) is 0 Å². The smallest absolute Gasteiger partial charge is 0.227 e. The highest BCUT2D eigenvalue weighted by atomic mass is 16.5. The number of nitrogens with zero attached hydrogens (tertiary/aromatic N) is 3. The molecule has 6 nitrogen and oxygen atoms in total. The summed E-state index contributed by atoms with van der Waals surface area (Å²) in [6.07, 6.45) is 5.26. The Kier molecular flexibility index (Phi) is 3.77. The number of H-pyrrole nitrogens is 1. The molecular formula is C15H20N4O2. The second-order valence-electron chi connectivity index (χ2n) is 5.59. The summed E-state index contributed by atoms with van der Waals surface area (Å²) in [4.78, 5) is 14.7. The Morgan fingerprint density at radius 2 is 2.33 bits per heavy atom. The predicted molar refractivity (Wildman–Crippen MR) is 76.6 cm³/mol. The van der Waals surface area contributed by atoms with Crippen LogP contribution in [0.3, 0.4) is 0 Å². The normalized spacial score (nSPS) is 19.0. The first-order valence-electron chi connectivity index (χ1n) is 7.37. The van der Waals surface area contributed by atoms with Crippen LogP contribution in [0.2, 0.25) is 0 Å². The minimum atomic E-state index is 0.106. The summed E-state index contributed by atoms with van der Waals surface area (Å²) in [5.74, 6) is 0.861. The van der Waals surface area contributed by atoms with Crippen LogP contribution in [0.15, 0.2) is 16.8 Å². The summed E-state index contributed by atoms with van der Waals surface area (Å²) < 4.78 is 5.15. The van der Waals surface area contributed by atoms with Crippen LogP contribution in [-0.2, 0) is 11.2 Å². The molecule has 2 aromatic heterocycles. The average molecular weight is 288 g/mol. The molecular weight excluding hydrogens is 268 g/mol. The first kappa shape index (κ1) is 13.9. The maximum Gasteiger partial charge on any atom is 0.227 e. The largest absolute Gasteiger partial charge is 0.361 e. The predicted octanol–water partition coefficient (Wildman–Crippen LogP) is 2.31. The van der Waals surface area contributed by atoms with Crippen LogP contribution in [-0.4, -0.2) is 32.7 Å². The molecule has 0 spiro atoms. The Hall–Kier alpha value is -2.11. The Bertz CT molecular complexity index is 598. The highest BCUT2D eigenvalue weighted by Crippen LogP contribution is 2.30. The summed E-state index contributed by atoms with van der Waals surface area (Å²) in [6, 6.07) is 2.06. The topological polar surface area (TPSA) is 75.0 Å². The molecule has 1 amide bonds. The molecule has 3 heterocycles. The maximum absolute atomic E-state index is 12.7. The van der Waals surface area contributed by atoms with Crippen molar-refractivity contribution in [2.45, 2.75) is 45.6 Å². The van der Waals surface area contributed by atoms with Gasteiger partial charge in [0, 0.05) is 18.3 Å². The number of rotatable bonds is 3. The lowest BCUT2D eigenvalue weighted by atomic mass is 9.98. The molecule has 0 saturated carbocycles. The van der Waals surface area contributed by atoms with E-state index < -0.39 is 0 Å². The third kappa shape index (κ3) is 2.70. The SMILES string of the molecule is Cc1noc(C)c1CC(=O)N1CCCC[C@@H]1c1ccn[nH]1. The monoisotopic (exact) mass is 288 g/mol. The highest BCUT2D eigenvalue weighted by Gasteiger charge is 2.29. The van der Waals surface area contributed by atoms with Crippen molar-refractivity contribution in [3.8, 4) is 0 Å². The number of piperidine rings is 1. The van der Waals surface area contributed by atoms with Gasteiger partial charge in [0.2, 0.25) is 5.91 Å². The van der Waals surface area contributed by atoms with E-state index in [0.717, 1.165) is 48.5 Å². The molecule has 1 atom stereocenters. The van der Waals surface area contributed by atoms with Crippen LogP contribution in [0.1, 0.15) is 48.0 Å². The van der Waals surface area contributed by atoms with Crippen LogP contribution in [0.5, 0.6) is 0 Å². The van der Waals surface area contributed by atoms with Gasteiger partial charge < -0.3 is 9.42 Å². The fraction of sp³-hybridized carbons (Fsp3) is 0.533. The molecule has 1 aliphatic heterocycles. The van der Waals surface area contributed by atoms with Crippen molar-refractivity contribution in [2.24, 2.45) is 0 Å². The quantitative estimate of drug-likeness (QED) is 0.940. The van der Waals surface area contributed by atoms with E-state index in [0.29, 0.717) is 6.42 Å². The Balaban J connectivity index is 1.79. The number of likely N-dealkylation sites (tertiary alicyclic amines) is 1. The Morgan fingerprint density at radius 3 is 3.00 bits per heavy atom. The van der Waals surface area contributed by atoms with E-state index in [-0.39, 0.29) is 11.9 Å². The van der Waals surface area contributed by atoms with Crippen LogP contribution in [0.4, 0.5) is 0 Å². The highest BCUT2D eigenvalue weighted by molar-refractivity contribution is 5.79. The van der Waals surface area contributed by atoms with Gasteiger partial charge in [-0.1, -0.05) is 5.16 Å². The summed E-state index contributed by atoms with van der Waals surface area (Å²) in [5, 5.41) is 10.9. The van der Waals surface area contributed by atoms with Gasteiger partial charge in [0.1, 0.15) is 5.76 Å². The second-order valence-corrected chi connectivity index (χ2v) is 5.59. The zero-order valence-corrected chi connectivity index (χ0v) is 12.4. The van der Waals surface area contributed by atoms with E-state index in [1.165, 1.54) is 0 Å². The van der Waals surface area contributed by atoms with Crippen molar-refractivity contribution in [2.75, 3.05) is 6.54 Å². The third-order valence-corrected chi connectivity index (χ3v) is 4.21. The molecule has 3 rings (SSSR count). The molecule has 0 radical (unpaired) electrons. The van der Waals surface area contributed by atoms with Crippen molar-refractivity contribution in [3.63, 3.8) is 0 Å². The minimum absolute atomic E-state index is 0.106. The number of aromatic amines is 1. The molecule has 0 aromatic carbocycles. The van der Waals surface area contributed by atoms with E-state index in [2.05, 4.69) is 15.4 Å². The zero-order valence-electron chi connectivity index (χ0n) is 12.4. The number of carbonyl (C=O) groups excluding carboxylic acids is 1. The molecule has 0 unspecified atom stereocenters. The average Bonchev–Trinajstić information content (AvgIpc) is 3.13. The van der Waals surface area contributed by atoms with E-state index in [1.807, 2.05) is 24.8 Å². The van der Waals surface area contributed by atoms with E-state index >= 15 is 0 Å². The summed E-state index contributed by atoms with van der Waals surface area (Å²) >= 11 is 0. The van der Waals surface area contributed by atoms with Crippen LogP contribution in [0, 0.1) is 13.8 Å². The number of carbonyl (C=O) groups is 1. The number of aromatic nitrogens is 3. The molecule has 112 valence electrons. The van der Waals surface area contributed by atoms with Crippen molar-refractivity contribution >= 4 is 5.91 Å². The van der Waals surface area contributed by atoms with E-state index in [9.17, 15) is 4.79 Å². The van der Waals surface area contributed by atoms with E-state index in [1.54, 1.807) is 6.20 Å². The maximum atomic E-state index is 12.7. The van der Waals surface area contributed by atoms with Gasteiger partial charge in [-0.25, -0.2) is 0 Å². The number of nitrogens with one attached hydrogen (secondary N) is 1. The standard InChI is InChI=1S/C15H20N4O2/c1-10-12(11(2)21-18-10)9-15(20)19-8-4-3-5-14(19)13-6-7-16-17-13/h6-7,14H,3-5,8-9H2,1-2H3,(H,16,17)/t14-/m1/s1. The van der Waals surface area contributed by atoms with E-state index in [4.69, 9.17) is 4.52 Å².